The van der Waals surface area contributed by atoms with Crippen LogP contribution in [0.5, 0.6) is 0 Å². The molecule has 1 fully saturated rings. The standard InChI is InChI=1S/C12H23NO4/c1-12(2,3)17-11(15)13-10-5-7-16-6-4-9(10)8-14/h9-10,14H,4-8H2,1-3H3,(H,13,15). The van der Waals surface area contributed by atoms with Gasteiger partial charge in [0, 0.05) is 31.8 Å². The second-order valence-corrected chi connectivity index (χ2v) is 5.39. The molecule has 0 bridgehead atoms. The number of hydrogen-bond acceptors (Lipinski definition) is 4. The Hall–Kier alpha value is -0.810. The van der Waals surface area contributed by atoms with Crippen molar-refractivity contribution < 1.29 is 19.4 Å². The number of carbonyl (C=O) groups excluding carboxylic acids is 1. The third kappa shape index (κ3) is 5.37. The van der Waals surface area contributed by atoms with E-state index < -0.39 is 11.7 Å². The summed E-state index contributed by atoms with van der Waals surface area (Å²) in [5.74, 6) is 0.0463. The first-order valence-corrected chi connectivity index (χ1v) is 6.10. The van der Waals surface area contributed by atoms with Crippen LogP contribution in [0.2, 0.25) is 0 Å². The van der Waals surface area contributed by atoms with Crippen LogP contribution in [0, 0.1) is 5.92 Å². The lowest BCUT2D eigenvalue weighted by Gasteiger charge is -2.26. The monoisotopic (exact) mass is 245 g/mol. The normalized spacial score (nSPS) is 26.1. The average molecular weight is 245 g/mol. The number of alkyl carbamates (subject to hydrolysis) is 1. The molecule has 1 saturated heterocycles. The molecule has 1 heterocycles. The van der Waals surface area contributed by atoms with Gasteiger partial charge in [0.25, 0.3) is 0 Å². The van der Waals surface area contributed by atoms with Crippen LogP contribution in [0.1, 0.15) is 33.6 Å². The fourth-order valence-corrected chi connectivity index (χ4v) is 1.85. The second-order valence-electron chi connectivity index (χ2n) is 5.39. The van der Waals surface area contributed by atoms with Crippen molar-refractivity contribution >= 4 is 6.09 Å². The Morgan fingerprint density at radius 1 is 1.41 bits per heavy atom. The molecule has 2 atom stereocenters. The van der Waals surface area contributed by atoms with E-state index in [0.717, 1.165) is 6.42 Å². The number of ether oxygens (including phenoxy) is 2. The van der Waals surface area contributed by atoms with Crippen molar-refractivity contribution in [2.45, 2.75) is 45.3 Å². The Balaban J connectivity index is 2.49. The van der Waals surface area contributed by atoms with E-state index in [0.29, 0.717) is 19.6 Å². The summed E-state index contributed by atoms with van der Waals surface area (Å²) >= 11 is 0. The van der Waals surface area contributed by atoms with Crippen LogP contribution in [0.25, 0.3) is 0 Å². The molecule has 1 aliphatic heterocycles. The second kappa shape index (κ2) is 6.21. The third-order valence-electron chi connectivity index (χ3n) is 2.71. The molecule has 0 aliphatic carbocycles. The number of amides is 1. The van der Waals surface area contributed by atoms with Crippen molar-refractivity contribution in [2.75, 3.05) is 19.8 Å². The highest BCUT2D eigenvalue weighted by molar-refractivity contribution is 5.68. The lowest BCUT2D eigenvalue weighted by Crippen LogP contribution is -2.44. The fourth-order valence-electron chi connectivity index (χ4n) is 1.85. The summed E-state index contributed by atoms with van der Waals surface area (Å²) in [6, 6.07) is -0.0719. The Labute approximate surface area is 102 Å². The van der Waals surface area contributed by atoms with Gasteiger partial charge in [-0.3, -0.25) is 0 Å². The van der Waals surface area contributed by atoms with E-state index in [4.69, 9.17) is 9.47 Å². The van der Waals surface area contributed by atoms with E-state index in [1.807, 2.05) is 20.8 Å². The van der Waals surface area contributed by atoms with Gasteiger partial charge >= 0.3 is 6.09 Å². The van der Waals surface area contributed by atoms with Gasteiger partial charge in [0.05, 0.1) is 0 Å². The fraction of sp³-hybridized carbons (Fsp3) is 0.917. The first-order chi connectivity index (χ1) is 7.92. The van der Waals surface area contributed by atoms with Crippen LogP contribution < -0.4 is 5.32 Å². The number of aliphatic hydroxyl groups excluding tert-OH is 1. The van der Waals surface area contributed by atoms with E-state index in [9.17, 15) is 9.90 Å². The van der Waals surface area contributed by atoms with Gasteiger partial charge < -0.3 is 19.9 Å². The zero-order valence-corrected chi connectivity index (χ0v) is 10.9. The van der Waals surface area contributed by atoms with E-state index >= 15 is 0 Å². The van der Waals surface area contributed by atoms with Gasteiger partial charge in [-0.05, 0) is 33.6 Å². The summed E-state index contributed by atoms with van der Waals surface area (Å²) in [5, 5.41) is 12.1. The van der Waals surface area contributed by atoms with Gasteiger partial charge in [-0.15, -0.1) is 0 Å². The van der Waals surface area contributed by atoms with Gasteiger partial charge in [0.15, 0.2) is 0 Å². The van der Waals surface area contributed by atoms with Gasteiger partial charge in [0.1, 0.15) is 5.60 Å². The molecule has 5 heteroatoms. The maximum absolute atomic E-state index is 11.6. The summed E-state index contributed by atoms with van der Waals surface area (Å²) < 4.78 is 10.5. The van der Waals surface area contributed by atoms with Crippen molar-refractivity contribution in [3.63, 3.8) is 0 Å². The first kappa shape index (κ1) is 14.3. The maximum atomic E-state index is 11.6. The smallest absolute Gasteiger partial charge is 0.407 e. The Morgan fingerprint density at radius 2 is 2.06 bits per heavy atom. The quantitative estimate of drug-likeness (QED) is 0.769. The molecule has 1 amide bonds. The molecule has 0 aromatic rings. The van der Waals surface area contributed by atoms with Crippen LogP contribution in [0.15, 0.2) is 0 Å². The highest BCUT2D eigenvalue weighted by atomic mass is 16.6. The molecule has 0 spiro atoms. The minimum absolute atomic E-state index is 0.0463. The Kier molecular flexibility index (Phi) is 5.21. The van der Waals surface area contributed by atoms with Gasteiger partial charge in [0.2, 0.25) is 0 Å². The minimum atomic E-state index is -0.500. The van der Waals surface area contributed by atoms with Gasteiger partial charge in [-0.25, -0.2) is 4.79 Å². The molecule has 17 heavy (non-hydrogen) atoms. The number of nitrogens with one attached hydrogen (secondary N) is 1. The Morgan fingerprint density at radius 3 is 2.65 bits per heavy atom. The Bertz CT molecular complexity index is 249. The molecular formula is C12H23NO4. The largest absolute Gasteiger partial charge is 0.444 e. The third-order valence-corrected chi connectivity index (χ3v) is 2.71. The molecule has 1 rings (SSSR count). The molecule has 0 aromatic heterocycles. The molecule has 5 nitrogen and oxygen atoms in total. The average Bonchev–Trinajstić information content (AvgIpc) is 2.39. The van der Waals surface area contributed by atoms with Crippen molar-refractivity contribution in [2.24, 2.45) is 5.92 Å². The predicted octanol–water partition coefficient (Wildman–Crippen LogP) is 1.30. The van der Waals surface area contributed by atoms with Crippen molar-refractivity contribution in [1.82, 2.24) is 5.32 Å². The van der Waals surface area contributed by atoms with Crippen molar-refractivity contribution in [3.8, 4) is 0 Å². The van der Waals surface area contributed by atoms with Gasteiger partial charge in [-0.2, -0.15) is 0 Å². The van der Waals surface area contributed by atoms with Crippen LogP contribution in [-0.4, -0.2) is 42.7 Å². The SMILES string of the molecule is CC(C)(C)OC(=O)NC1CCOCCC1CO. The van der Waals surface area contributed by atoms with E-state index in [1.165, 1.54) is 0 Å². The molecule has 1 aliphatic rings. The highest BCUT2D eigenvalue weighted by Crippen LogP contribution is 2.17. The zero-order chi connectivity index (χ0) is 12.9. The van der Waals surface area contributed by atoms with Crippen LogP contribution in [0.4, 0.5) is 4.79 Å². The summed E-state index contributed by atoms with van der Waals surface area (Å²) in [4.78, 5) is 11.6. The first-order valence-electron chi connectivity index (χ1n) is 6.10. The summed E-state index contributed by atoms with van der Waals surface area (Å²) in [6.45, 7) is 6.78. The molecule has 2 N–H and O–H groups in total. The van der Waals surface area contributed by atoms with Crippen LogP contribution >= 0.6 is 0 Å². The van der Waals surface area contributed by atoms with Crippen molar-refractivity contribution in [3.05, 3.63) is 0 Å². The van der Waals surface area contributed by atoms with Crippen LogP contribution in [-0.2, 0) is 9.47 Å². The molecule has 0 radical (unpaired) electrons. The zero-order valence-electron chi connectivity index (χ0n) is 10.9. The molecule has 0 aromatic carbocycles. The number of aliphatic hydroxyl groups is 1. The topological polar surface area (TPSA) is 67.8 Å². The molecule has 0 saturated carbocycles. The number of carbonyl (C=O) groups is 1. The summed E-state index contributed by atoms with van der Waals surface area (Å²) in [7, 11) is 0. The maximum Gasteiger partial charge on any atom is 0.407 e. The lowest BCUT2D eigenvalue weighted by atomic mass is 9.96. The van der Waals surface area contributed by atoms with Gasteiger partial charge in [-0.1, -0.05) is 0 Å². The summed E-state index contributed by atoms with van der Waals surface area (Å²) in [5.41, 5.74) is -0.500. The van der Waals surface area contributed by atoms with E-state index in [1.54, 1.807) is 0 Å². The number of rotatable bonds is 2. The van der Waals surface area contributed by atoms with E-state index in [2.05, 4.69) is 5.32 Å². The van der Waals surface area contributed by atoms with Crippen LogP contribution in [0.3, 0.4) is 0 Å². The summed E-state index contributed by atoms with van der Waals surface area (Å²) in [6.07, 6.45) is 1.05. The molecular weight excluding hydrogens is 222 g/mol. The molecule has 2 unspecified atom stereocenters. The highest BCUT2D eigenvalue weighted by Gasteiger charge is 2.26. The molecule has 100 valence electrons. The lowest BCUT2D eigenvalue weighted by molar-refractivity contribution is 0.0468. The predicted molar refractivity (Wildman–Crippen MR) is 63.8 cm³/mol. The van der Waals surface area contributed by atoms with E-state index in [-0.39, 0.29) is 18.6 Å². The minimum Gasteiger partial charge on any atom is -0.444 e. The van der Waals surface area contributed by atoms with Crippen molar-refractivity contribution in [1.29, 1.82) is 0 Å². The number of hydrogen-bond donors (Lipinski definition) is 2.